The van der Waals surface area contributed by atoms with Crippen LogP contribution in [0.4, 0.5) is 5.82 Å². The number of nitrogens with zero attached hydrogens (tertiary/aromatic N) is 3. The van der Waals surface area contributed by atoms with Crippen LogP contribution < -0.4 is 14.8 Å². The molecule has 3 N–H and O–H groups in total. The molecule has 0 fully saturated rings. The first-order chi connectivity index (χ1) is 18.9. The molecule has 0 aliphatic carbocycles. The van der Waals surface area contributed by atoms with Gasteiger partial charge in [-0.3, -0.25) is 0 Å². The summed E-state index contributed by atoms with van der Waals surface area (Å²) in [5, 5.41) is 15.7. The van der Waals surface area contributed by atoms with Crippen molar-refractivity contribution in [2.75, 3.05) is 26.6 Å². The number of hydrogen-bond donors (Lipinski definition) is 3. The van der Waals surface area contributed by atoms with Crippen molar-refractivity contribution in [2.24, 2.45) is 0 Å². The fourth-order valence-corrected chi connectivity index (χ4v) is 5.00. The predicted octanol–water partition coefficient (Wildman–Crippen LogP) is 5.07. The zero-order chi connectivity index (χ0) is 27.7. The number of ether oxygens (including phenoxy) is 3. The summed E-state index contributed by atoms with van der Waals surface area (Å²) in [5.74, 6) is 1.61. The summed E-state index contributed by atoms with van der Waals surface area (Å²) in [6, 6.07) is 13.1. The van der Waals surface area contributed by atoms with Gasteiger partial charge in [-0.15, -0.1) is 0 Å². The average molecular weight is 530 g/mol. The summed E-state index contributed by atoms with van der Waals surface area (Å²) >= 11 is 0. The van der Waals surface area contributed by atoms with Gasteiger partial charge in [-0.2, -0.15) is 0 Å². The van der Waals surface area contributed by atoms with Gasteiger partial charge in [0.2, 0.25) is 0 Å². The second-order valence-electron chi connectivity index (χ2n) is 9.37. The zero-order valence-corrected chi connectivity index (χ0v) is 22.5. The number of aromatic nitrogens is 4. The Bertz CT molecular complexity index is 1670. The van der Waals surface area contributed by atoms with E-state index in [-0.39, 0.29) is 12.6 Å². The molecule has 10 heteroatoms. The lowest BCUT2D eigenvalue weighted by Crippen LogP contribution is -2.07. The lowest BCUT2D eigenvalue weighted by Gasteiger charge is -2.13. The number of aliphatic hydroxyl groups excluding tert-OH is 1. The highest BCUT2D eigenvalue weighted by molar-refractivity contribution is 6.05. The summed E-state index contributed by atoms with van der Waals surface area (Å²) < 4.78 is 17.8. The maximum atomic E-state index is 12.1. The minimum absolute atomic E-state index is 0.0307. The van der Waals surface area contributed by atoms with Crippen molar-refractivity contribution in [3.8, 4) is 22.8 Å². The Morgan fingerprint density at radius 2 is 1.90 bits per heavy atom. The van der Waals surface area contributed by atoms with Crippen molar-refractivity contribution in [3.05, 3.63) is 65.6 Å². The van der Waals surface area contributed by atoms with E-state index in [1.165, 1.54) is 13.4 Å². The Morgan fingerprint density at radius 1 is 1.08 bits per heavy atom. The van der Waals surface area contributed by atoms with Gasteiger partial charge in [0.1, 0.15) is 29.3 Å². The van der Waals surface area contributed by atoms with E-state index < -0.39 is 5.97 Å². The average Bonchev–Trinajstić information content (AvgIpc) is 3.53. The molecule has 3 aromatic heterocycles. The molecule has 0 radical (unpaired) electrons. The van der Waals surface area contributed by atoms with Crippen molar-refractivity contribution in [2.45, 2.75) is 33.0 Å². The number of aliphatic hydroxyl groups is 1. The molecular weight excluding hydrogens is 498 g/mol. The number of H-pyrrole nitrogens is 1. The first-order valence-electron chi connectivity index (χ1n) is 12.5. The monoisotopic (exact) mass is 529 g/mol. The maximum Gasteiger partial charge on any atom is 0.337 e. The van der Waals surface area contributed by atoms with Crippen LogP contribution in [0, 0.1) is 0 Å². The molecule has 5 rings (SSSR count). The summed E-state index contributed by atoms with van der Waals surface area (Å²) in [6.45, 7) is 4.34. The number of anilines is 1. The molecule has 0 aliphatic rings. The minimum atomic E-state index is -0.408. The van der Waals surface area contributed by atoms with Crippen LogP contribution >= 0.6 is 0 Å². The Labute approximate surface area is 225 Å². The van der Waals surface area contributed by atoms with E-state index in [4.69, 9.17) is 14.2 Å². The Hall–Kier alpha value is -4.57. The van der Waals surface area contributed by atoms with Crippen LogP contribution in [0.5, 0.6) is 11.5 Å². The number of fused-ring (bicyclic) bond motifs is 2. The molecule has 3 heterocycles. The van der Waals surface area contributed by atoms with E-state index >= 15 is 0 Å². The fourth-order valence-electron chi connectivity index (χ4n) is 5.00. The van der Waals surface area contributed by atoms with E-state index in [1.807, 2.05) is 48.7 Å². The van der Waals surface area contributed by atoms with Gasteiger partial charge in [0, 0.05) is 46.4 Å². The van der Waals surface area contributed by atoms with Crippen molar-refractivity contribution in [1.82, 2.24) is 19.5 Å². The van der Waals surface area contributed by atoms with Gasteiger partial charge < -0.3 is 34.2 Å². The lowest BCUT2D eigenvalue weighted by atomic mass is 10.1. The van der Waals surface area contributed by atoms with E-state index in [0.29, 0.717) is 40.8 Å². The first kappa shape index (κ1) is 26.1. The molecule has 0 spiro atoms. The molecular formula is C29H31N5O5. The highest BCUT2D eigenvalue weighted by Crippen LogP contribution is 2.40. The van der Waals surface area contributed by atoms with E-state index in [9.17, 15) is 9.90 Å². The Balaban J connectivity index is 1.66. The quantitative estimate of drug-likeness (QED) is 0.226. The van der Waals surface area contributed by atoms with Crippen LogP contribution in [0.2, 0.25) is 0 Å². The van der Waals surface area contributed by atoms with E-state index in [0.717, 1.165) is 33.1 Å². The number of nitrogens with one attached hydrogen (secondary N) is 2. The number of carbonyl (C=O) groups excluding carboxylic acids is 1. The molecule has 0 saturated heterocycles. The van der Waals surface area contributed by atoms with Gasteiger partial charge in [0.15, 0.2) is 0 Å². The molecule has 0 atom stereocenters. The van der Waals surface area contributed by atoms with Crippen LogP contribution in [0.3, 0.4) is 0 Å². The van der Waals surface area contributed by atoms with E-state index in [2.05, 4.69) is 20.3 Å². The second-order valence-corrected chi connectivity index (χ2v) is 9.37. The van der Waals surface area contributed by atoms with Crippen molar-refractivity contribution in [3.63, 3.8) is 0 Å². The molecule has 0 aliphatic heterocycles. The number of esters is 1. The molecule has 39 heavy (non-hydrogen) atoms. The van der Waals surface area contributed by atoms with Crippen LogP contribution in [0.1, 0.15) is 41.5 Å². The maximum absolute atomic E-state index is 12.1. The number of carbonyl (C=O) groups is 1. The topological polar surface area (TPSA) is 124 Å². The van der Waals surface area contributed by atoms with Crippen LogP contribution in [0.25, 0.3) is 33.2 Å². The van der Waals surface area contributed by atoms with Crippen LogP contribution in [-0.4, -0.2) is 51.9 Å². The number of rotatable bonds is 9. The number of benzene rings is 2. The molecule has 2 aromatic carbocycles. The third-order valence-electron chi connectivity index (χ3n) is 6.80. The molecule has 0 unspecified atom stereocenters. The van der Waals surface area contributed by atoms with Crippen molar-refractivity contribution >= 4 is 33.7 Å². The van der Waals surface area contributed by atoms with E-state index in [1.54, 1.807) is 26.4 Å². The molecule has 10 nitrogen and oxygen atoms in total. The third kappa shape index (κ3) is 4.63. The molecule has 0 saturated carbocycles. The first-order valence-corrected chi connectivity index (χ1v) is 12.5. The zero-order valence-electron chi connectivity index (χ0n) is 22.5. The van der Waals surface area contributed by atoms with Crippen molar-refractivity contribution < 1.29 is 24.1 Å². The second kappa shape index (κ2) is 10.7. The molecule has 0 bridgehead atoms. The summed E-state index contributed by atoms with van der Waals surface area (Å²) in [4.78, 5) is 24.7. The number of hydrogen-bond acceptors (Lipinski definition) is 8. The van der Waals surface area contributed by atoms with Gasteiger partial charge in [-0.25, -0.2) is 14.8 Å². The normalized spacial score (nSPS) is 11.4. The highest BCUT2D eigenvalue weighted by atomic mass is 16.5. The summed E-state index contributed by atoms with van der Waals surface area (Å²) in [5.41, 5.74) is 5.14. The van der Waals surface area contributed by atoms with Gasteiger partial charge in [-0.05, 0) is 44.2 Å². The lowest BCUT2D eigenvalue weighted by molar-refractivity contribution is 0.0601. The summed E-state index contributed by atoms with van der Waals surface area (Å²) in [6.07, 6.45) is 1.52. The van der Waals surface area contributed by atoms with Gasteiger partial charge in [0.05, 0.1) is 44.6 Å². The largest absolute Gasteiger partial charge is 0.497 e. The third-order valence-corrected chi connectivity index (χ3v) is 6.80. The smallest absolute Gasteiger partial charge is 0.337 e. The van der Waals surface area contributed by atoms with Gasteiger partial charge >= 0.3 is 5.97 Å². The molecule has 202 valence electrons. The Morgan fingerprint density at radius 3 is 2.59 bits per heavy atom. The molecule has 5 aromatic rings. The Kier molecular flexibility index (Phi) is 7.12. The number of aromatic amines is 1. The molecule has 0 amide bonds. The minimum Gasteiger partial charge on any atom is -0.497 e. The van der Waals surface area contributed by atoms with Gasteiger partial charge in [0.25, 0.3) is 0 Å². The van der Waals surface area contributed by atoms with Crippen LogP contribution in [0.15, 0.2) is 48.8 Å². The van der Waals surface area contributed by atoms with Gasteiger partial charge in [-0.1, -0.05) is 6.07 Å². The predicted molar refractivity (Wildman–Crippen MR) is 149 cm³/mol. The number of methoxy groups -OCH3 is 3. The standard InChI is InChI=1S/C29H31N5O5/c1-16(2)34-23(14-35)25(22-10-17-6-7-18(29(36)39-5)11-21(17)33-22)26-27(31-15-32-28(26)34)30-13-19-8-9-20(37-3)12-24(19)38-4/h6-12,15-16,33,35H,13-14H2,1-5H3,(H,30,31,32). The highest BCUT2D eigenvalue weighted by Gasteiger charge is 2.25. The van der Waals surface area contributed by atoms with Crippen molar-refractivity contribution in [1.29, 1.82) is 0 Å². The SMILES string of the molecule is COC(=O)c1ccc2cc(-c3c(CO)n(C(C)C)c4ncnc(NCc5ccc(OC)cc5OC)c34)[nH]c2c1. The summed E-state index contributed by atoms with van der Waals surface area (Å²) in [7, 11) is 4.60. The fraction of sp³-hybridized carbons (Fsp3) is 0.276. The van der Waals surface area contributed by atoms with Crippen LogP contribution in [-0.2, 0) is 17.9 Å².